The van der Waals surface area contributed by atoms with Crippen LogP contribution in [0.25, 0.3) is 10.8 Å². The molecule has 2 heterocycles. The fourth-order valence-corrected chi connectivity index (χ4v) is 3.66. The first kappa shape index (κ1) is 13.8. The highest BCUT2D eigenvalue weighted by atomic mass is 32.1. The van der Waals surface area contributed by atoms with Crippen LogP contribution in [0.1, 0.15) is 49.4 Å². The molecule has 0 amide bonds. The lowest BCUT2D eigenvalue weighted by Crippen LogP contribution is -2.21. The zero-order valence-electron chi connectivity index (χ0n) is 12.1. The van der Waals surface area contributed by atoms with Crippen molar-refractivity contribution in [3.05, 3.63) is 22.4 Å². The third-order valence-corrected chi connectivity index (χ3v) is 4.81. The molecule has 1 aliphatic carbocycles. The van der Waals surface area contributed by atoms with Gasteiger partial charge in [-0.3, -0.25) is 0 Å². The first-order chi connectivity index (χ1) is 9.72. The van der Waals surface area contributed by atoms with Crippen LogP contribution >= 0.6 is 11.3 Å². The molecule has 0 fully saturated rings. The van der Waals surface area contributed by atoms with Gasteiger partial charge in [0.15, 0.2) is 0 Å². The molecule has 0 atom stereocenters. The maximum absolute atomic E-state index is 5.75. The van der Waals surface area contributed by atoms with Crippen LogP contribution in [-0.4, -0.2) is 16.2 Å². The van der Waals surface area contributed by atoms with Gasteiger partial charge in [-0.15, -0.1) is 21.5 Å². The molecule has 1 N–H and O–H groups in total. The van der Waals surface area contributed by atoms with E-state index < -0.39 is 0 Å². The monoisotopic (exact) mass is 291 g/mol. The Morgan fingerprint density at radius 3 is 2.95 bits per heavy atom. The molecule has 0 aliphatic heterocycles. The third-order valence-electron chi connectivity index (χ3n) is 3.59. The normalized spacial score (nSPS) is 15.3. The number of nitrogens with one attached hydrogen (secondary N) is 1. The topological polar surface area (TPSA) is 51.0 Å². The third kappa shape index (κ3) is 3.10. The Morgan fingerprint density at radius 1 is 1.25 bits per heavy atom. The first-order valence-electron chi connectivity index (χ1n) is 7.40. The Balaban J connectivity index is 1.76. The molecule has 2 aromatic heterocycles. The van der Waals surface area contributed by atoms with E-state index in [0.29, 0.717) is 24.4 Å². The Kier molecular flexibility index (Phi) is 4.17. The first-order valence-corrected chi connectivity index (χ1v) is 8.22. The van der Waals surface area contributed by atoms with E-state index in [2.05, 4.69) is 35.4 Å². The van der Waals surface area contributed by atoms with Crippen LogP contribution in [-0.2, 0) is 19.4 Å². The van der Waals surface area contributed by atoms with Gasteiger partial charge in [0, 0.05) is 10.9 Å². The number of aryl methyl sites for hydroxylation is 2. The zero-order chi connectivity index (χ0) is 13.9. The molecule has 0 radical (unpaired) electrons. The molecule has 0 unspecified atom stereocenters. The molecule has 5 heteroatoms. The number of rotatable bonds is 4. The number of hydrogen-bond acceptors (Lipinski definition) is 5. The van der Waals surface area contributed by atoms with Crippen molar-refractivity contribution >= 4 is 11.3 Å². The van der Waals surface area contributed by atoms with E-state index in [1.165, 1.54) is 42.5 Å². The SMILES string of the molecule is CC(C)NCc1nnc(-c2cc3c(s2)CCCCC3)o1. The molecule has 0 saturated carbocycles. The van der Waals surface area contributed by atoms with Gasteiger partial charge in [-0.1, -0.05) is 20.3 Å². The molecule has 3 rings (SSSR count). The Bertz CT molecular complexity index is 550. The quantitative estimate of drug-likeness (QED) is 0.875. The van der Waals surface area contributed by atoms with E-state index in [-0.39, 0.29) is 0 Å². The standard InChI is InChI=1S/C15H21N3OS/c1-10(2)16-9-14-17-18-15(19-14)13-8-11-6-4-3-5-7-12(11)20-13/h8,10,16H,3-7,9H2,1-2H3. The second-order valence-electron chi connectivity index (χ2n) is 5.66. The smallest absolute Gasteiger partial charge is 0.257 e. The predicted molar refractivity (Wildman–Crippen MR) is 80.8 cm³/mol. The Hall–Kier alpha value is -1.20. The van der Waals surface area contributed by atoms with Gasteiger partial charge in [-0.2, -0.15) is 0 Å². The summed E-state index contributed by atoms with van der Waals surface area (Å²) in [5.41, 5.74) is 1.49. The molecule has 0 aromatic carbocycles. The van der Waals surface area contributed by atoms with Crippen molar-refractivity contribution < 1.29 is 4.42 Å². The van der Waals surface area contributed by atoms with Crippen LogP contribution in [0.5, 0.6) is 0 Å². The Labute approximate surface area is 123 Å². The van der Waals surface area contributed by atoms with Crippen LogP contribution in [0.3, 0.4) is 0 Å². The van der Waals surface area contributed by atoms with Crippen molar-refractivity contribution in [3.63, 3.8) is 0 Å². The second-order valence-corrected chi connectivity index (χ2v) is 6.79. The fourth-order valence-electron chi connectivity index (χ4n) is 2.49. The number of nitrogens with zero attached hydrogens (tertiary/aromatic N) is 2. The summed E-state index contributed by atoms with van der Waals surface area (Å²) in [6, 6.07) is 2.67. The largest absolute Gasteiger partial charge is 0.419 e. The molecule has 2 aromatic rings. The highest BCUT2D eigenvalue weighted by molar-refractivity contribution is 7.15. The zero-order valence-corrected chi connectivity index (χ0v) is 12.9. The summed E-state index contributed by atoms with van der Waals surface area (Å²) in [7, 11) is 0. The van der Waals surface area contributed by atoms with Crippen molar-refractivity contribution in [1.29, 1.82) is 0 Å². The summed E-state index contributed by atoms with van der Waals surface area (Å²) in [4.78, 5) is 2.64. The van der Waals surface area contributed by atoms with E-state index in [1.807, 2.05) is 11.3 Å². The van der Waals surface area contributed by atoms with Crippen molar-refractivity contribution in [2.24, 2.45) is 0 Å². The summed E-state index contributed by atoms with van der Waals surface area (Å²) in [5, 5.41) is 11.6. The molecule has 0 saturated heterocycles. The molecule has 0 bridgehead atoms. The second kappa shape index (κ2) is 6.06. The van der Waals surface area contributed by atoms with Gasteiger partial charge in [0.1, 0.15) is 0 Å². The van der Waals surface area contributed by atoms with E-state index in [0.717, 1.165) is 4.88 Å². The lowest BCUT2D eigenvalue weighted by atomic mass is 10.1. The van der Waals surface area contributed by atoms with Crippen molar-refractivity contribution in [1.82, 2.24) is 15.5 Å². The van der Waals surface area contributed by atoms with Gasteiger partial charge < -0.3 is 9.73 Å². The Morgan fingerprint density at radius 2 is 2.10 bits per heavy atom. The van der Waals surface area contributed by atoms with Crippen LogP contribution in [0.2, 0.25) is 0 Å². The van der Waals surface area contributed by atoms with Crippen LogP contribution in [0.15, 0.2) is 10.5 Å². The average molecular weight is 291 g/mol. The van der Waals surface area contributed by atoms with Crippen LogP contribution < -0.4 is 5.32 Å². The van der Waals surface area contributed by atoms with E-state index in [9.17, 15) is 0 Å². The van der Waals surface area contributed by atoms with E-state index in [4.69, 9.17) is 4.42 Å². The molecule has 20 heavy (non-hydrogen) atoms. The summed E-state index contributed by atoms with van der Waals surface area (Å²) < 4.78 is 5.75. The molecule has 0 spiro atoms. The van der Waals surface area contributed by atoms with Crippen LogP contribution in [0, 0.1) is 0 Å². The lowest BCUT2D eigenvalue weighted by molar-refractivity contribution is 0.459. The highest BCUT2D eigenvalue weighted by Gasteiger charge is 2.16. The van der Waals surface area contributed by atoms with Crippen molar-refractivity contribution in [2.75, 3.05) is 0 Å². The molecule has 108 valence electrons. The van der Waals surface area contributed by atoms with Crippen molar-refractivity contribution in [2.45, 2.75) is 58.5 Å². The number of aromatic nitrogens is 2. The molecule has 1 aliphatic rings. The fraction of sp³-hybridized carbons (Fsp3) is 0.600. The minimum absolute atomic E-state index is 0.420. The van der Waals surface area contributed by atoms with Gasteiger partial charge in [-0.25, -0.2) is 0 Å². The van der Waals surface area contributed by atoms with E-state index >= 15 is 0 Å². The van der Waals surface area contributed by atoms with Crippen LogP contribution in [0.4, 0.5) is 0 Å². The minimum atomic E-state index is 0.420. The van der Waals surface area contributed by atoms with Gasteiger partial charge in [0.05, 0.1) is 11.4 Å². The lowest BCUT2D eigenvalue weighted by Gasteiger charge is -2.03. The summed E-state index contributed by atoms with van der Waals surface area (Å²) in [6.07, 6.45) is 6.36. The molecule has 4 nitrogen and oxygen atoms in total. The summed E-state index contributed by atoms with van der Waals surface area (Å²) in [5.74, 6) is 1.33. The summed E-state index contributed by atoms with van der Waals surface area (Å²) in [6.45, 7) is 4.84. The van der Waals surface area contributed by atoms with Gasteiger partial charge >= 0.3 is 0 Å². The average Bonchev–Trinajstić information content (AvgIpc) is 2.99. The maximum Gasteiger partial charge on any atom is 0.257 e. The van der Waals surface area contributed by atoms with E-state index in [1.54, 1.807) is 0 Å². The highest BCUT2D eigenvalue weighted by Crippen LogP contribution is 2.34. The van der Waals surface area contributed by atoms with Gasteiger partial charge in [0.2, 0.25) is 5.89 Å². The molecular formula is C15H21N3OS. The molecular weight excluding hydrogens is 270 g/mol. The minimum Gasteiger partial charge on any atom is -0.419 e. The number of hydrogen-bond donors (Lipinski definition) is 1. The number of thiophene rings is 1. The van der Waals surface area contributed by atoms with Gasteiger partial charge in [0.25, 0.3) is 5.89 Å². The van der Waals surface area contributed by atoms with Gasteiger partial charge in [-0.05, 0) is 37.3 Å². The summed E-state index contributed by atoms with van der Waals surface area (Å²) >= 11 is 1.82. The van der Waals surface area contributed by atoms with Crippen molar-refractivity contribution in [3.8, 4) is 10.8 Å². The number of fused-ring (bicyclic) bond motifs is 1. The maximum atomic E-state index is 5.75. The predicted octanol–water partition coefficient (Wildman–Crippen LogP) is 3.57.